The summed E-state index contributed by atoms with van der Waals surface area (Å²) in [5, 5.41) is 0.699. The molecule has 0 N–H and O–H groups in total. The van der Waals surface area contributed by atoms with Crippen molar-refractivity contribution in [3.63, 3.8) is 0 Å². The molecule has 0 amide bonds. The van der Waals surface area contributed by atoms with Crippen molar-refractivity contribution in [2.75, 3.05) is 13.7 Å². The molecule has 0 aliphatic carbocycles. The minimum atomic E-state index is -4.24. The number of allylic oxidation sites excluding steroid dienone is 2. The quantitative estimate of drug-likeness (QED) is 0.292. The van der Waals surface area contributed by atoms with Gasteiger partial charge in [0.25, 0.3) is 0 Å². The summed E-state index contributed by atoms with van der Waals surface area (Å²) in [7, 11) is 1.69. The van der Waals surface area contributed by atoms with Crippen LogP contribution in [0.25, 0.3) is 5.57 Å². The first-order valence-electron chi connectivity index (χ1n) is 11.5. The second kappa shape index (κ2) is 12.0. The molecule has 34 heavy (non-hydrogen) atoms. The number of rotatable bonds is 11. The molecule has 0 aliphatic heterocycles. The second-order valence-electron chi connectivity index (χ2n) is 9.23. The smallest absolute Gasteiger partial charge is 0.385 e. The normalized spacial score (nSPS) is 14.2. The van der Waals surface area contributed by atoms with Crippen LogP contribution in [0.4, 0.5) is 13.2 Å². The van der Waals surface area contributed by atoms with Crippen LogP contribution in [-0.2, 0) is 10.2 Å². The molecule has 0 saturated heterocycles. The van der Waals surface area contributed by atoms with Gasteiger partial charge < -0.3 is 4.74 Å². The van der Waals surface area contributed by atoms with E-state index >= 15 is 0 Å². The fraction of sp³-hybridized carbons (Fsp3) is 0.464. The highest BCUT2D eigenvalue weighted by atomic mass is 35.5. The lowest BCUT2D eigenvalue weighted by Crippen LogP contribution is -2.25. The summed E-state index contributed by atoms with van der Waals surface area (Å²) in [4.78, 5) is 12.5. The number of hydrogen-bond acceptors (Lipinski definition) is 2. The van der Waals surface area contributed by atoms with Crippen LogP contribution in [0.5, 0.6) is 0 Å². The molecule has 0 heterocycles. The van der Waals surface area contributed by atoms with Crippen molar-refractivity contribution in [2.24, 2.45) is 0 Å². The molecule has 6 heteroatoms. The molecule has 2 aromatic carbocycles. The summed E-state index contributed by atoms with van der Waals surface area (Å²) in [6.07, 6.45) is -1.87. The van der Waals surface area contributed by atoms with Gasteiger partial charge >= 0.3 is 6.18 Å². The van der Waals surface area contributed by atoms with Crippen LogP contribution in [0.2, 0.25) is 5.02 Å². The molecule has 0 fully saturated rings. The Balaban J connectivity index is 2.28. The van der Waals surface area contributed by atoms with E-state index in [1.54, 1.807) is 13.2 Å². The molecule has 0 aliphatic rings. The summed E-state index contributed by atoms with van der Waals surface area (Å²) in [5.41, 5.74) is 5.37. The van der Waals surface area contributed by atoms with Gasteiger partial charge in [-0.3, -0.25) is 4.79 Å². The van der Waals surface area contributed by atoms with Crippen LogP contribution in [0.15, 0.2) is 42.5 Å². The van der Waals surface area contributed by atoms with E-state index in [9.17, 15) is 18.0 Å². The van der Waals surface area contributed by atoms with E-state index in [0.29, 0.717) is 17.2 Å². The maximum Gasteiger partial charge on any atom is 0.389 e. The van der Waals surface area contributed by atoms with Gasteiger partial charge in [-0.2, -0.15) is 13.2 Å². The van der Waals surface area contributed by atoms with Gasteiger partial charge in [-0.05, 0) is 85.4 Å². The third kappa shape index (κ3) is 7.99. The Kier molecular flexibility index (Phi) is 9.96. The van der Waals surface area contributed by atoms with Gasteiger partial charge in [-0.1, -0.05) is 48.9 Å². The first kappa shape index (κ1) is 28.1. The fourth-order valence-electron chi connectivity index (χ4n) is 4.30. The number of benzene rings is 2. The van der Waals surface area contributed by atoms with Crippen LogP contribution in [-0.4, -0.2) is 25.7 Å². The number of carbonyl (C=O) groups is 1. The maximum atomic E-state index is 12.5. The van der Waals surface area contributed by atoms with Gasteiger partial charge in [0.05, 0.1) is 0 Å². The highest BCUT2D eigenvalue weighted by Crippen LogP contribution is 2.39. The lowest BCUT2D eigenvalue weighted by molar-refractivity contribution is -0.135. The highest BCUT2D eigenvalue weighted by Gasteiger charge is 2.29. The Morgan fingerprint density at radius 1 is 1.09 bits per heavy atom. The molecule has 0 radical (unpaired) electrons. The van der Waals surface area contributed by atoms with Gasteiger partial charge in [0, 0.05) is 37.1 Å². The Hall–Kier alpha value is -2.11. The number of methoxy groups -OCH3 is 1. The van der Waals surface area contributed by atoms with Crippen molar-refractivity contribution >= 4 is 23.0 Å². The van der Waals surface area contributed by atoms with Crippen LogP contribution in [0.3, 0.4) is 0 Å². The summed E-state index contributed by atoms with van der Waals surface area (Å²) >= 11 is 6.37. The Morgan fingerprint density at radius 3 is 2.35 bits per heavy atom. The van der Waals surface area contributed by atoms with Crippen LogP contribution in [0.1, 0.15) is 78.6 Å². The number of carbonyl (C=O) groups excluding carboxylic acids is 1. The summed E-state index contributed by atoms with van der Waals surface area (Å²) in [6.45, 7) is 8.64. The topological polar surface area (TPSA) is 26.3 Å². The molecule has 2 aromatic rings. The predicted octanol–water partition coefficient (Wildman–Crippen LogP) is 8.66. The van der Waals surface area contributed by atoms with Crippen molar-refractivity contribution < 1.29 is 22.7 Å². The Morgan fingerprint density at radius 2 is 1.79 bits per heavy atom. The largest absolute Gasteiger partial charge is 0.389 e. The van der Waals surface area contributed by atoms with E-state index in [1.807, 2.05) is 45.0 Å². The minimum Gasteiger partial charge on any atom is -0.385 e. The molecule has 1 atom stereocenters. The molecule has 2 nitrogen and oxygen atoms in total. The molecule has 186 valence electrons. The zero-order valence-electron chi connectivity index (χ0n) is 20.6. The number of alkyl halides is 3. The molecule has 0 spiro atoms. The first-order valence-corrected chi connectivity index (χ1v) is 11.9. The van der Waals surface area contributed by atoms with E-state index in [0.717, 1.165) is 40.7 Å². The number of Topliss-reactive ketones (excluding diaryl/α,β-unsaturated/α-hetero) is 1. The predicted molar refractivity (Wildman–Crippen MR) is 134 cm³/mol. The molecule has 0 bridgehead atoms. The van der Waals surface area contributed by atoms with E-state index in [4.69, 9.17) is 16.3 Å². The average Bonchev–Trinajstić information content (AvgIpc) is 2.74. The summed E-state index contributed by atoms with van der Waals surface area (Å²) in [6, 6.07) is 11.7. The number of hydrogen-bond donors (Lipinski definition) is 0. The molecule has 0 saturated carbocycles. The van der Waals surface area contributed by atoms with Crippen molar-refractivity contribution in [1.82, 2.24) is 0 Å². The van der Waals surface area contributed by atoms with Gasteiger partial charge in [-0.25, -0.2) is 0 Å². The van der Waals surface area contributed by atoms with Crippen molar-refractivity contribution in [1.29, 1.82) is 0 Å². The fourth-order valence-corrected chi connectivity index (χ4v) is 4.59. The van der Waals surface area contributed by atoms with Crippen molar-refractivity contribution in [3.8, 4) is 0 Å². The molecule has 1 unspecified atom stereocenters. The number of ether oxygens (including phenoxy) is 1. The average molecular weight is 495 g/mol. The summed E-state index contributed by atoms with van der Waals surface area (Å²) in [5.74, 6) is -0.255. The molecule has 0 aromatic heterocycles. The lowest BCUT2D eigenvalue weighted by atomic mass is 9.73. The standard InChI is InChI=1S/C28H34ClF3O2/c1-6-21(18-27(4,12-13-34-5)23-14-19(2)15-24(29)17-23)22-9-10-25(20(3)16-22)26(33)8-7-11-28(30,31)32/h6,9-10,14-17H,7-8,11-13,18H2,1-5H3. The second-order valence-corrected chi connectivity index (χ2v) is 9.67. The van der Waals surface area contributed by atoms with E-state index in [2.05, 4.69) is 19.1 Å². The number of ketones is 1. The van der Waals surface area contributed by atoms with E-state index in [-0.39, 0.29) is 24.0 Å². The lowest BCUT2D eigenvalue weighted by Gasteiger charge is -2.32. The molecular formula is C28H34ClF3O2. The summed E-state index contributed by atoms with van der Waals surface area (Å²) < 4.78 is 42.6. The van der Waals surface area contributed by atoms with Gasteiger partial charge in [0.2, 0.25) is 0 Å². The van der Waals surface area contributed by atoms with Crippen LogP contribution in [0, 0.1) is 13.8 Å². The highest BCUT2D eigenvalue weighted by molar-refractivity contribution is 6.30. The Labute approximate surface area is 206 Å². The number of aryl methyl sites for hydroxylation is 2. The van der Waals surface area contributed by atoms with Gasteiger partial charge in [0.15, 0.2) is 5.78 Å². The van der Waals surface area contributed by atoms with Crippen LogP contribution >= 0.6 is 11.6 Å². The monoisotopic (exact) mass is 494 g/mol. The van der Waals surface area contributed by atoms with Gasteiger partial charge in [-0.15, -0.1) is 0 Å². The Bertz CT molecular complexity index is 1010. The van der Waals surface area contributed by atoms with Gasteiger partial charge in [0.1, 0.15) is 0 Å². The zero-order chi connectivity index (χ0) is 25.5. The molecule has 2 rings (SSSR count). The maximum absolute atomic E-state index is 12.5. The third-order valence-electron chi connectivity index (χ3n) is 6.29. The van der Waals surface area contributed by atoms with E-state index < -0.39 is 12.6 Å². The van der Waals surface area contributed by atoms with E-state index in [1.165, 1.54) is 0 Å². The van der Waals surface area contributed by atoms with Crippen molar-refractivity contribution in [2.45, 2.75) is 71.4 Å². The zero-order valence-corrected chi connectivity index (χ0v) is 21.4. The molecular weight excluding hydrogens is 461 g/mol. The number of halogens is 4. The van der Waals surface area contributed by atoms with Crippen LogP contribution < -0.4 is 0 Å². The SMILES string of the molecule is CC=C(CC(C)(CCOC)c1cc(C)cc(Cl)c1)c1ccc(C(=O)CCCC(F)(F)F)c(C)c1. The van der Waals surface area contributed by atoms with Crippen molar-refractivity contribution in [3.05, 3.63) is 75.3 Å². The minimum absolute atomic E-state index is 0.112. The first-order chi connectivity index (χ1) is 15.9. The third-order valence-corrected chi connectivity index (χ3v) is 6.51.